The van der Waals surface area contributed by atoms with Crippen LogP contribution in [0.3, 0.4) is 0 Å². The fourth-order valence-corrected chi connectivity index (χ4v) is 3.10. The quantitative estimate of drug-likeness (QED) is 0.817. The second-order valence-corrected chi connectivity index (χ2v) is 5.83. The van der Waals surface area contributed by atoms with E-state index in [-0.39, 0.29) is 12.5 Å². The van der Waals surface area contributed by atoms with E-state index in [0.29, 0.717) is 6.61 Å². The van der Waals surface area contributed by atoms with Crippen molar-refractivity contribution in [1.82, 2.24) is 4.98 Å². The van der Waals surface area contributed by atoms with Gasteiger partial charge in [0.2, 0.25) is 0 Å². The van der Waals surface area contributed by atoms with Gasteiger partial charge in [0.15, 0.2) is 0 Å². The van der Waals surface area contributed by atoms with E-state index in [1.165, 1.54) is 11.8 Å². The first-order chi connectivity index (χ1) is 12.3. The molecule has 2 aliphatic heterocycles. The van der Waals surface area contributed by atoms with Gasteiger partial charge in [-0.1, -0.05) is 24.3 Å². The fourth-order valence-electron chi connectivity index (χ4n) is 3.10. The van der Waals surface area contributed by atoms with E-state index in [1.54, 1.807) is 13.1 Å². The zero-order valence-corrected chi connectivity index (χ0v) is 14.2. The molecule has 5 heteroatoms. The van der Waals surface area contributed by atoms with Gasteiger partial charge < -0.3 is 20.0 Å². The average Bonchev–Trinajstić information content (AvgIpc) is 2.67. The summed E-state index contributed by atoms with van der Waals surface area (Å²) in [6.45, 7) is 3.09. The third-order valence-corrected chi connectivity index (χ3v) is 4.26. The summed E-state index contributed by atoms with van der Waals surface area (Å²) < 4.78 is 11.3. The molecule has 1 atom stereocenters. The van der Waals surface area contributed by atoms with Crippen LogP contribution >= 0.6 is 0 Å². The minimum absolute atomic E-state index is 0.0545. The highest BCUT2D eigenvalue weighted by molar-refractivity contribution is 5.66. The molecular formula is C20H22N2O3. The molecule has 4 rings (SSSR count). The van der Waals surface area contributed by atoms with Crippen LogP contribution in [0.5, 0.6) is 11.5 Å². The molecule has 0 amide bonds. The van der Waals surface area contributed by atoms with Gasteiger partial charge in [0.25, 0.3) is 0 Å². The Kier molecular flexibility index (Phi) is 5.58. The Morgan fingerprint density at radius 3 is 2.80 bits per heavy atom. The van der Waals surface area contributed by atoms with E-state index in [0.717, 1.165) is 41.3 Å². The van der Waals surface area contributed by atoms with Crippen LogP contribution in [0.2, 0.25) is 0 Å². The Hall–Kier alpha value is -2.50. The minimum Gasteiger partial charge on any atom is -0.455 e. The van der Waals surface area contributed by atoms with Crippen molar-refractivity contribution >= 4 is 11.8 Å². The van der Waals surface area contributed by atoms with Crippen molar-refractivity contribution in [3.63, 3.8) is 0 Å². The predicted octanol–water partition coefficient (Wildman–Crippen LogP) is 3.77. The smallest absolute Gasteiger partial charge is 0.149 e. The molecule has 0 spiro atoms. The highest BCUT2D eigenvalue weighted by Gasteiger charge is 2.27. The SMILES string of the molecule is CC=N.OCC1c2ccccc2Oc2cnc(C3=CCOCC3)cc21. The van der Waals surface area contributed by atoms with Gasteiger partial charge >= 0.3 is 0 Å². The summed E-state index contributed by atoms with van der Waals surface area (Å²) in [4.78, 5) is 4.53. The molecule has 3 heterocycles. The third-order valence-electron chi connectivity index (χ3n) is 4.26. The number of fused-ring (bicyclic) bond motifs is 2. The first-order valence-electron chi connectivity index (χ1n) is 8.38. The van der Waals surface area contributed by atoms with E-state index in [4.69, 9.17) is 14.9 Å². The van der Waals surface area contributed by atoms with Gasteiger partial charge in [0.1, 0.15) is 11.5 Å². The number of aliphatic hydroxyl groups is 1. The summed E-state index contributed by atoms with van der Waals surface area (Å²) in [5, 5.41) is 16.0. The van der Waals surface area contributed by atoms with Crippen LogP contribution < -0.4 is 4.74 Å². The number of pyridine rings is 1. The molecule has 2 aliphatic rings. The van der Waals surface area contributed by atoms with Crippen molar-refractivity contribution in [2.24, 2.45) is 0 Å². The Morgan fingerprint density at radius 2 is 2.08 bits per heavy atom. The van der Waals surface area contributed by atoms with Crippen LogP contribution in [-0.2, 0) is 4.74 Å². The maximum absolute atomic E-state index is 9.88. The highest BCUT2D eigenvalue weighted by Crippen LogP contribution is 2.44. The number of hydrogen-bond acceptors (Lipinski definition) is 5. The van der Waals surface area contributed by atoms with Crippen molar-refractivity contribution in [2.75, 3.05) is 19.8 Å². The monoisotopic (exact) mass is 338 g/mol. The normalized spacial score (nSPS) is 17.8. The van der Waals surface area contributed by atoms with Crippen LogP contribution in [0.15, 0.2) is 42.6 Å². The largest absolute Gasteiger partial charge is 0.455 e. The lowest BCUT2D eigenvalue weighted by molar-refractivity contribution is 0.161. The van der Waals surface area contributed by atoms with Crippen LogP contribution in [0.1, 0.15) is 36.1 Å². The van der Waals surface area contributed by atoms with Crippen molar-refractivity contribution in [1.29, 1.82) is 5.41 Å². The summed E-state index contributed by atoms with van der Waals surface area (Å²) in [5.74, 6) is 1.46. The number of nitrogens with one attached hydrogen (secondary N) is 1. The summed E-state index contributed by atoms with van der Waals surface area (Å²) in [5.41, 5.74) is 4.17. The molecule has 130 valence electrons. The first kappa shape index (κ1) is 17.3. The second kappa shape index (κ2) is 8.05. The van der Waals surface area contributed by atoms with Gasteiger partial charge in [0.05, 0.1) is 31.7 Å². The molecule has 0 saturated heterocycles. The predicted molar refractivity (Wildman–Crippen MR) is 97.6 cm³/mol. The summed E-state index contributed by atoms with van der Waals surface area (Å²) in [6, 6.07) is 9.89. The Morgan fingerprint density at radius 1 is 1.28 bits per heavy atom. The van der Waals surface area contributed by atoms with Gasteiger partial charge in [-0.2, -0.15) is 0 Å². The molecule has 0 fully saturated rings. The first-order valence-corrected chi connectivity index (χ1v) is 8.38. The fraction of sp³-hybridized carbons (Fsp3) is 0.300. The van der Waals surface area contributed by atoms with Gasteiger partial charge in [-0.15, -0.1) is 0 Å². The molecule has 0 radical (unpaired) electrons. The maximum Gasteiger partial charge on any atom is 0.149 e. The number of aromatic nitrogens is 1. The average molecular weight is 338 g/mol. The van der Waals surface area contributed by atoms with Crippen LogP contribution in [0.4, 0.5) is 0 Å². The molecule has 5 nitrogen and oxygen atoms in total. The van der Waals surface area contributed by atoms with Crippen LogP contribution in [0.25, 0.3) is 5.57 Å². The van der Waals surface area contributed by atoms with E-state index < -0.39 is 0 Å². The van der Waals surface area contributed by atoms with E-state index >= 15 is 0 Å². The Balaban J connectivity index is 0.000000569. The maximum atomic E-state index is 9.88. The third kappa shape index (κ3) is 3.62. The zero-order valence-electron chi connectivity index (χ0n) is 14.2. The van der Waals surface area contributed by atoms with Gasteiger partial charge in [-0.25, -0.2) is 0 Å². The number of para-hydroxylation sites is 1. The summed E-state index contributed by atoms with van der Waals surface area (Å²) in [7, 11) is 0. The van der Waals surface area contributed by atoms with Gasteiger partial charge in [0, 0.05) is 17.0 Å². The lowest BCUT2D eigenvalue weighted by Crippen LogP contribution is -2.15. The molecule has 1 aromatic heterocycles. The molecule has 2 N–H and O–H groups in total. The van der Waals surface area contributed by atoms with E-state index in [9.17, 15) is 5.11 Å². The van der Waals surface area contributed by atoms with Gasteiger partial charge in [-0.05, 0) is 37.3 Å². The molecule has 2 aromatic rings. The molecule has 0 bridgehead atoms. The van der Waals surface area contributed by atoms with Crippen molar-refractivity contribution in [3.05, 3.63) is 59.4 Å². The number of aliphatic hydroxyl groups excluding tert-OH is 1. The zero-order chi connectivity index (χ0) is 17.6. The number of ether oxygens (including phenoxy) is 2. The Bertz CT molecular complexity index is 786. The van der Waals surface area contributed by atoms with Crippen molar-refractivity contribution < 1.29 is 14.6 Å². The van der Waals surface area contributed by atoms with Gasteiger partial charge in [-0.3, -0.25) is 4.98 Å². The number of nitrogens with zero attached hydrogens (tertiary/aromatic N) is 1. The van der Waals surface area contributed by atoms with Crippen LogP contribution in [0, 0.1) is 5.41 Å². The lowest BCUT2D eigenvalue weighted by Gasteiger charge is -2.27. The standard InChI is InChI=1S/C18H17NO3.C2H5N/c20-11-15-13-3-1-2-4-17(13)22-18-10-19-16(9-14(15)18)12-5-7-21-8-6-12;1-2-3/h1-5,9-10,15,20H,6-8,11H2;2-3H,1H3. The van der Waals surface area contributed by atoms with E-state index in [1.807, 2.05) is 30.3 Å². The van der Waals surface area contributed by atoms with E-state index in [2.05, 4.69) is 11.1 Å². The number of rotatable bonds is 2. The summed E-state index contributed by atoms with van der Waals surface area (Å²) in [6.07, 6.45) is 5.95. The van der Waals surface area contributed by atoms with Crippen LogP contribution in [-0.4, -0.2) is 36.1 Å². The Labute approximate surface area is 147 Å². The highest BCUT2D eigenvalue weighted by atomic mass is 16.5. The molecular weight excluding hydrogens is 316 g/mol. The minimum atomic E-state index is -0.0675. The molecule has 25 heavy (non-hydrogen) atoms. The summed E-state index contributed by atoms with van der Waals surface area (Å²) >= 11 is 0. The number of hydrogen-bond donors (Lipinski definition) is 2. The van der Waals surface area contributed by atoms with Crippen molar-refractivity contribution in [2.45, 2.75) is 19.3 Å². The topological polar surface area (TPSA) is 75.4 Å². The molecule has 1 aromatic carbocycles. The molecule has 1 unspecified atom stereocenters. The number of benzene rings is 1. The van der Waals surface area contributed by atoms with Crippen molar-refractivity contribution in [3.8, 4) is 11.5 Å². The lowest BCUT2D eigenvalue weighted by atomic mass is 9.88. The second-order valence-electron chi connectivity index (χ2n) is 5.83. The molecule has 0 saturated carbocycles. The molecule has 0 aliphatic carbocycles.